The Morgan fingerprint density at radius 2 is 1.83 bits per heavy atom. The summed E-state index contributed by atoms with van der Waals surface area (Å²) in [5, 5.41) is 1.08. The number of hydrogen-bond donors (Lipinski definition) is 1. The zero-order valence-corrected chi connectivity index (χ0v) is 14.8. The molecule has 0 spiro atoms. The lowest BCUT2D eigenvalue weighted by Gasteiger charge is -2.19. The van der Waals surface area contributed by atoms with Crippen molar-refractivity contribution < 1.29 is 9.69 Å². The Hall–Kier alpha value is -2.24. The van der Waals surface area contributed by atoms with Gasteiger partial charge in [0.15, 0.2) is 6.54 Å². The number of para-hydroxylation sites is 1. The van der Waals surface area contributed by atoms with Crippen molar-refractivity contribution in [3.8, 4) is 0 Å². The Bertz CT molecular complexity index is 783. The highest BCUT2D eigenvalue weighted by molar-refractivity contribution is 7.18. The number of thiazole rings is 1. The van der Waals surface area contributed by atoms with Crippen molar-refractivity contribution in [2.45, 2.75) is 13.1 Å². The molecule has 0 radical (unpaired) electrons. The maximum Gasteiger partial charge on any atom is 0.277 e. The van der Waals surface area contributed by atoms with E-state index in [1.54, 1.807) is 16.2 Å². The van der Waals surface area contributed by atoms with Gasteiger partial charge in [-0.25, -0.2) is 4.98 Å². The van der Waals surface area contributed by atoms with Crippen LogP contribution in [-0.2, 0) is 17.9 Å². The maximum atomic E-state index is 12.4. The predicted molar refractivity (Wildman–Crippen MR) is 98.0 cm³/mol. The number of carbonyl (C=O) groups excluding carboxylic acids is 1. The van der Waals surface area contributed by atoms with E-state index in [1.165, 1.54) is 4.70 Å². The number of nitrogens with zero attached hydrogens (tertiary/aromatic N) is 2. The first kappa shape index (κ1) is 16.6. The lowest BCUT2D eigenvalue weighted by atomic mass is 10.2. The van der Waals surface area contributed by atoms with Gasteiger partial charge >= 0.3 is 0 Å². The van der Waals surface area contributed by atoms with Gasteiger partial charge < -0.3 is 9.80 Å². The van der Waals surface area contributed by atoms with Crippen LogP contribution in [0.25, 0.3) is 10.2 Å². The zero-order valence-electron chi connectivity index (χ0n) is 14.0. The summed E-state index contributed by atoms with van der Waals surface area (Å²) in [6.07, 6.45) is 0. The molecule has 3 aromatic rings. The molecule has 0 saturated carbocycles. The Morgan fingerprint density at radius 3 is 2.58 bits per heavy atom. The van der Waals surface area contributed by atoms with Gasteiger partial charge in [0.25, 0.3) is 5.91 Å². The van der Waals surface area contributed by atoms with E-state index >= 15 is 0 Å². The summed E-state index contributed by atoms with van der Waals surface area (Å²) in [4.78, 5) is 20.0. The van der Waals surface area contributed by atoms with Gasteiger partial charge in [0.2, 0.25) is 0 Å². The third-order valence-corrected chi connectivity index (χ3v) is 4.97. The molecular weight excluding hydrogens is 318 g/mol. The molecule has 1 atom stereocenters. The van der Waals surface area contributed by atoms with Crippen LogP contribution in [0.3, 0.4) is 0 Å². The number of likely N-dealkylation sites (N-methyl/N-ethyl adjacent to an activating group) is 2. The lowest BCUT2D eigenvalue weighted by molar-refractivity contribution is -0.885. The van der Waals surface area contributed by atoms with Crippen LogP contribution in [0.5, 0.6) is 0 Å². The van der Waals surface area contributed by atoms with E-state index in [4.69, 9.17) is 0 Å². The van der Waals surface area contributed by atoms with Crippen LogP contribution >= 0.6 is 11.3 Å². The molecule has 1 amide bonds. The topological polar surface area (TPSA) is 37.6 Å². The molecule has 1 N–H and O–H groups in total. The number of benzene rings is 2. The maximum absolute atomic E-state index is 12.4. The van der Waals surface area contributed by atoms with Gasteiger partial charge in [-0.2, -0.15) is 0 Å². The normalized spacial score (nSPS) is 12.2. The standard InChI is InChI=1S/C19H21N3OS/c1-21(13-18-20-16-10-6-7-11-17(16)24-18)14-19(23)22(2)12-15-8-4-3-5-9-15/h3-11H,12-14H2,1-2H3/p+1. The number of hydrogen-bond acceptors (Lipinski definition) is 3. The van der Waals surface area contributed by atoms with Crippen molar-refractivity contribution in [3.63, 3.8) is 0 Å². The van der Waals surface area contributed by atoms with Crippen LogP contribution in [-0.4, -0.2) is 36.4 Å². The monoisotopic (exact) mass is 340 g/mol. The fourth-order valence-corrected chi connectivity index (χ4v) is 3.74. The third-order valence-electron chi connectivity index (χ3n) is 3.93. The molecule has 0 aliphatic carbocycles. The highest BCUT2D eigenvalue weighted by Gasteiger charge is 2.16. The first-order valence-electron chi connectivity index (χ1n) is 8.05. The summed E-state index contributed by atoms with van der Waals surface area (Å²) in [5.74, 6) is 0.150. The minimum Gasteiger partial charge on any atom is -0.337 e. The first-order valence-corrected chi connectivity index (χ1v) is 8.87. The average Bonchev–Trinajstić information content (AvgIpc) is 2.97. The molecule has 24 heavy (non-hydrogen) atoms. The molecule has 124 valence electrons. The van der Waals surface area contributed by atoms with Gasteiger partial charge in [0.1, 0.15) is 11.6 Å². The molecule has 1 aromatic heterocycles. The van der Waals surface area contributed by atoms with E-state index in [-0.39, 0.29) is 5.91 Å². The number of nitrogens with one attached hydrogen (secondary N) is 1. The van der Waals surface area contributed by atoms with Crippen molar-refractivity contribution in [2.24, 2.45) is 0 Å². The van der Waals surface area contributed by atoms with Gasteiger partial charge in [0.05, 0.1) is 17.3 Å². The van der Waals surface area contributed by atoms with Crippen molar-refractivity contribution in [2.75, 3.05) is 20.6 Å². The number of rotatable bonds is 6. The summed E-state index contributed by atoms with van der Waals surface area (Å²) < 4.78 is 1.20. The summed E-state index contributed by atoms with van der Waals surface area (Å²) in [6.45, 7) is 1.89. The summed E-state index contributed by atoms with van der Waals surface area (Å²) in [6, 6.07) is 18.2. The molecule has 2 aromatic carbocycles. The second kappa shape index (κ2) is 7.55. The Labute approximate surface area is 146 Å². The number of fused-ring (bicyclic) bond motifs is 1. The summed E-state index contributed by atoms with van der Waals surface area (Å²) in [7, 11) is 3.90. The number of amides is 1. The van der Waals surface area contributed by atoms with Crippen LogP contribution in [0, 0.1) is 0 Å². The molecule has 0 fully saturated rings. The average molecular weight is 340 g/mol. The van der Waals surface area contributed by atoms with Gasteiger partial charge in [-0.05, 0) is 17.7 Å². The van der Waals surface area contributed by atoms with E-state index in [0.29, 0.717) is 13.1 Å². The lowest BCUT2D eigenvalue weighted by Crippen LogP contribution is -3.08. The number of carbonyl (C=O) groups is 1. The second-order valence-electron chi connectivity index (χ2n) is 6.12. The van der Waals surface area contributed by atoms with Crippen LogP contribution in [0.4, 0.5) is 0 Å². The molecule has 0 bridgehead atoms. The molecule has 0 saturated heterocycles. The van der Waals surface area contributed by atoms with E-state index in [2.05, 4.69) is 11.1 Å². The largest absolute Gasteiger partial charge is 0.337 e. The van der Waals surface area contributed by atoms with E-state index in [0.717, 1.165) is 27.5 Å². The molecule has 0 aliphatic rings. The van der Waals surface area contributed by atoms with E-state index in [1.807, 2.05) is 62.6 Å². The fraction of sp³-hybridized carbons (Fsp3) is 0.263. The van der Waals surface area contributed by atoms with Gasteiger partial charge in [-0.3, -0.25) is 4.79 Å². The van der Waals surface area contributed by atoms with E-state index < -0.39 is 0 Å². The highest BCUT2D eigenvalue weighted by atomic mass is 32.1. The smallest absolute Gasteiger partial charge is 0.277 e. The Morgan fingerprint density at radius 1 is 1.12 bits per heavy atom. The molecular formula is C19H22N3OS+. The van der Waals surface area contributed by atoms with Crippen molar-refractivity contribution in [1.82, 2.24) is 9.88 Å². The number of quaternary nitrogens is 1. The van der Waals surface area contributed by atoms with Crippen molar-refractivity contribution >= 4 is 27.5 Å². The molecule has 4 nitrogen and oxygen atoms in total. The second-order valence-corrected chi connectivity index (χ2v) is 7.24. The Kier molecular flexibility index (Phi) is 5.23. The SMILES string of the molecule is CN(Cc1ccccc1)C(=O)C[NH+](C)Cc1nc2ccccc2s1. The minimum absolute atomic E-state index is 0.150. The van der Waals surface area contributed by atoms with E-state index in [9.17, 15) is 4.79 Å². The predicted octanol–water partition coefficient (Wildman–Crippen LogP) is 1.97. The van der Waals surface area contributed by atoms with Crippen molar-refractivity contribution in [3.05, 3.63) is 65.2 Å². The summed E-state index contributed by atoms with van der Waals surface area (Å²) in [5.41, 5.74) is 2.19. The summed E-state index contributed by atoms with van der Waals surface area (Å²) >= 11 is 1.71. The van der Waals surface area contributed by atoms with Crippen LogP contribution < -0.4 is 4.90 Å². The molecule has 0 aliphatic heterocycles. The van der Waals surface area contributed by atoms with Crippen LogP contribution in [0.1, 0.15) is 10.6 Å². The third kappa shape index (κ3) is 4.19. The van der Waals surface area contributed by atoms with Gasteiger partial charge in [0, 0.05) is 13.6 Å². The number of aromatic nitrogens is 1. The highest BCUT2D eigenvalue weighted by Crippen LogP contribution is 2.20. The molecule has 3 rings (SSSR count). The molecule has 1 heterocycles. The van der Waals surface area contributed by atoms with Crippen molar-refractivity contribution in [1.29, 1.82) is 0 Å². The van der Waals surface area contributed by atoms with Crippen LogP contribution in [0.15, 0.2) is 54.6 Å². The quantitative estimate of drug-likeness (QED) is 0.745. The first-order chi connectivity index (χ1) is 11.6. The van der Waals surface area contributed by atoms with Crippen LogP contribution in [0.2, 0.25) is 0 Å². The minimum atomic E-state index is 0.150. The molecule has 1 unspecified atom stereocenters. The van der Waals surface area contributed by atoms with Gasteiger partial charge in [-0.15, -0.1) is 11.3 Å². The Balaban J connectivity index is 1.55. The fourth-order valence-electron chi connectivity index (χ4n) is 2.65. The molecule has 5 heteroatoms. The zero-order chi connectivity index (χ0) is 16.9. The van der Waals surface area contributed by atoms with Gasteiger partial charge in [-0.1, -0.05) is 42.5 Å².